The van der Waals surface area contributed by atoms with Gasteiger partial charge in [0.25, 0.3) is 26.0 Å². The van der Waals surface area contributed by atoms with Gasteiger partial charge in [-0.05, 0) is 80.1 Å². The van der Waals surface area contributed by atoms with Crippen molar-refractivity contribution in [1.29, 1.82) is 0 Å². The molecule has 0 spiro atoms. The predicted molar refractivity (Wildman–Crippen MR) is 148 cm³/mol. The van der Waals surface area contributed by atoms with E-state index in [9.17, 15) is 21.6 Å². The van der Waals surface area contributed by atoms with Gasteiger partial charge < -0.3 is 5.32 Å². The van der Waals surface area contributed by atoms with Crippen molar-refractivity contribution in [3.05, 3.63) is 107 Å². The molecular formula is C26H23ClN4O5S2. The van der Waals surface area contributed by atoms with Crippen molar-refractivity contribution >= 4 is 54.6 Å². The molecular weight excluding hydrogens is 548 g/mol. The Labute approximate surface area is 226 Å². The summed E-state index contributed by atoms with van der Waals surface area (Å²) in [5.41, 5.74) is 2.78. The third-order valence-electron chi connectivity index (χ3n) is 5.45. The molecule has 3 N–H and O–H groups in total. The number of carbonyl (C=O) groups excluding carboxylic acids is 1. The molecule has 0 bridgehead atoms. The normalized spacial score (nSPS) is 11.6. The molecule has 0 atom stereocenters. The molecule has 0 radical (unpaired) electrons. The molecule has 196 valence electrons. The monoisotopic (exact) mass is 570 g/mol. The van der Waals surface area contributed by atoms with Gasteiger partial charge in [0, 0.05) is 17.4 Å². The van der Waals surface area contributed by atoms with E-state index in [1.807, 2.05) is 13.0 Å². The zero-order chi connectivity index (χ0) is 27.5. The highest BCUT2D eigenvalue weighted by molar-refractivity contribution is 7.93. The lowest BCUT2D eigenvalue weighted by Crippen LogP contribution is -2.17. The highest BCUT2D eigenvalue weighted by atomic mass is 35.5. The first kappa shape index (κ1) is 27.1. The minimum absolute atomic E-state index is 0.0169. The number of hydrogen-bond donors (Lipinski definition) is 3. The molecule has 3 aromatic carbocycles. The fourth-order valence-electron chi connectivity index (χ4n) is 3.54. The summed E-state index contributed by atoms with van der Waals surface area (Å²) in [4.78, 5) is 16.5. The zero-order valence-electron chi connectivity index (χ0n) is 20.3. The summed E-state index contributed by atoms with van der Waals surface area (Å²) >= 11 is 6.18. The van der Waals surface area contributed by atoms with Crippen LogP contribution in [0.1, 0.15) is 21.5 Å². The lowest BCUT2D eigenvalue weighted by atomic mass is 10.1. The average Bonchev–Trinajstić information content (AvgIpc) is 2.86. The number of rotatable bonds is 8. The van der Waals surface area contributed by atoms with Gasteiger partial charge in [-0.1, -0.05) is 29.3 Å². The summed E-state index contributed by atoms with van der Waals surface area (Å²) in [6.07, 6.45) is 2.90. The highest BCUT2D eigenvalue weighted by Crippen LogP contribution is 2.27. The van der Waals surface area contributed by atoms with Crippen LogP contribution in [0.15, 0.2) is 95.0 Å². The summed E-state index contributed by atoms with van der Waals surface area (Å²) in [7, 11) is -7.96. The molecule has 38 heavy (non-hydrogen) atoms. The number of anilines is 3. The van der Waals surface area contributed by atoms with Gasteiger partial charge in [-0.15, -0.1) is 0 Å². The number of hydrogen-bond acceptors (Lipinski definition) is 6. The van der Waals surface area contributed by atoms with Gasteiger partial charge in [-0.3, -0.25) is 19.2 Å². The number of carbonyl (C=O) groups is 1. The standard InChI is InChI=1S/C26H23ClN4O5S2/c1-17-5-12-24(18(2)14-17)31-38(35,36)25-15-19(6-11-23(25)27)26(32)29-20-7-9-22(10-8-20)37(33,34)30-21-4-3-13-28-16-21/h3-16,30-31H,1-2H3,(H,29,32). The van der Waals surface area contributed by atoms with E-state index in [2.05, 4.69) is 19.7 Å². The molecule has 1 heterocycles. The zero-order valence-corrected chi connectivity index (χ0v) is 22.7. The Morgan fingerprint density at radius 2 is 1.55 bits per heavy atom. The number of halogens is 1. The van der Waals surface area contributed by atoms with E-state index < -0.39 is 26.0 Å². The first-order chi connectivity index (χ1) is 17.9. The van der Waals surface area contributed by atoms with Crippen LogP contribution in [-0.4, -0.2) is 27.7 Å². The Hall–Kier alpha value is -3.93. The Balaban J connectivity index is 1.51. The quantitative estimate of drug-likeness (QED) is 0.266. The smallest absolute Gasteiger partial charge is 0.263 e. The van der Waals surface area contributed by atoms with E-state index in [1.54, 1.807) is 31.2 Å². The molecule has 4 aromatic rings. The summed E-state index contributed by atoms with van der Waals surface area (Å²) in [5, 5.41) is 2.58. The second-order valence-electron chi connectivity index (χ2n) is 8.39. The van der Waals surface area contributed by atoms with Crippen molar-refractivity contribution in [3.63, 3.8) is 0 Å². The average molecular weight is 571 g/mol. The van der Waals surface area contributed by atoms with E-state index in [1.165, 1.54) is 54.9 Å². The lowest BCUT2D eigenvalue weighted by Gasteiger charge is -2.13. The maximum absolute atomic E-state index is 13.1. The van der Waals surface area contributed by atoms with E-state index in [-0.39, 0.29) is 20.4 Å². The van der Waals surface area contributed by atoms with Crippen molar-refractivity contribution in [2.45, 2.75) is 23.6 Å². The van der Waals surface area contributed by atoms with Gasteiger partial charge in [0.05, 0.1) is 27.5 Å². The predicted octanol–water partition coefficient (Wildman–Crippen LogP) is 5.21. The number of aromatic nitrogens is 1. The largest absolute Gasteiger partial charge is 0.322 e. The molecule has 0 saturated heterocycles. The Morgan fingerprint density at radius 3 is 2.21 bits per heavy atom. The fraction of sp³-hybridized carbons (Fsp3) is 0.0769. The maximum Gasteiger partial charge on any atom is 0.263 e. The number of sulfonamides is 2. The van der Waals surface area contributed by atoms with Gasteiger partial charge >= 0.3 is 0 Å². The topological polar surface area (TPSA) is 134 Å². The van der Waals surface area contributed by atoms with Crippen LogP contribution in [0.2, 0.25) is 5.02 Å². The van der Waals surface area contributed by atoms with Crippen LogP contribution in [0.25, 0.3) is 0 Å². The first-order valence-electron chi connectivity index (χ1n) is 11.2. The second kappa shape index (κ2) is 10.8. The van der Waals surface area contributed by atoms with E-state index in [4.69, 9.17) is 11.6 Å². The minimum Gasteiger partial charge on any atom is -0.322 e. The number of benzene rings is 3. The SMILES string of the molecule is Cc1ccc(NS(=O)(=O)c2cc(C(=O)Nc3ccc(S(=O)(=O)Nc4cccnc4)cc3)ccc2Cl)c(C)c1. The molecule has 0 aliphatic rings. The molecule has 12 heteroatoms. The molecule has 9 nitrogen and oxygen atoms in total. The van der Waals surface area contributed by atoms with Gasteiger partial charge in [-0.2, -0.15) is 0 Å². The molecule has 1 aromatic heterocycles. The number of nitrogens with zero attached hydrogens (tertiary/aromatic N) is 1. The molecule has 0 fully saturated rings. The van der Waals surface area contributed by atoms with Crippen LogP contribution in [-0.2, 0) is 20.0 Å². The van der Waals surface area contributed by atoms with Crippen LogP contribution in [0.3, 0.4) is 0 Å². The minimum atomic E-state index is -4.10. The van der Waals surface area contributed by atoms with Crippen molar-refractivity contribution in [2.24, 2.45) is 0 Å². The van der Waals surface area contributed by atoms with E-state index in [0.29, 0.717) is 17.1 Å². The number of amides is 1. The van der Waals surface area contributed by atoms with Crippen LogP contribution < -0.4 is 14.8 Å². The third kappa shape index (κ3) is 6.31. The molecule has 1 amide bonds. The summed E-state index contributed by atoms with van der Waals surface area (Å²) < 4.78 is 56.2. The van der Waals surface area contributed by atoms with Gasteiger partial charge in [0.15, 0.2) is 0 Å². The molecule has 4 rings (SSSR count). The summed E-state index contributed by atoms with van der Waals surface area (Å²) in [6, 6.07) is 17.9. The van der Waals surface area contributed by atoms with Crippen LogP contribution >= 0.6 is 11.6 Å². The second-order valence-corrected chi connectivity index (χ2v) is 12.1. The first-order valence-corrected chi connectivity index (χ1v) is 14.5. The van der Waals surface area contributed by atoms with Gasteiger partial charge in [0.2, 0.25) is 0 Å². The number of pyridine rings is 1. The van der Waals surface area contributed by atoms with Crippen LogP contribution in [0, 0.1) is 13.8 Å². The Kier molecular flexibility index (Phi) is 7.72. The van der Waals surface area contributed by atoms with Crippen molar-refractivity contribution in [2.75, 3.05) is 14.8 Å². The van der Waals surface area contributed by atoms with E-state index in [0.717, 1.165) is 11.1 Å². The van der Waals surface area contributed by atoms with Crippen LogP contribution in [0.4, 0.5) is 17.1 Å². The Morgan fingerprint density at radius 1 is 0.816 bits per heavy atom. The molecule has 0 aliphatic carbocycles. The molecule has 0 unspecified atom stereocenters. The van der Waals surface area contributed by atoms with E-state index >= 15 is 0 Å². The lowest BCUT2D eigenvalue weighted by molar-refractivity contribution is 0.102. The fourth-order valence-corrected chi connectivity index (χ4v) is 6.24. The maximum atomic E-state index is 13.1. The van der Waals surface area contributed by atoms with Gasteiger partial charge in [-0.25, -0.2) is 16.8 Å². The van der Waals surface area contributed by atoms with Crippen molar-refractivity contribution in [3.8, 4) is 0 Å². The van der Waals surface area contributed by atoms with Crippen LogP contribution in [0.5, 0.6) is 0 Å². The number of nitrogens with one attached hydrogen (secondary N) is 3. The summed E-state index contributed by atoms with van der Waals surface area (Å²) in [5.74, 6) is -0.603. The molecule has 0 saturated carbocycles. The Bertz CT molecular complexity index is 1710. The van der Waals surface area contributed by atoms with Crippen molar-refractivity contribution < 1.29 is 21.6 Å². The number of aryl methyl sites for hydroxylation is 2. The molecule has 0 aliphatic heterocycles. The third-order valence-corrected chi connectivity index (χ3v) is 8.69. The highest BCUT2D eigenvalue weighted by Gasteiger charge is 2.21. The van der Waals surface area contributed by atoms with Crippen molar-refractivity contribution in [1.82, 2.24) is 4.98 Å². The van der Waals surface area contributed by atoms with Gasteiger partial charge in [0.1, 0.15) is 4.90 Å². The summed E-state index contributed by atoms with van der Waals surface area (Å²) in [6.45, 7) is 3.68.